The van der Waals surface area contributed by atoms with E-state index < -0.39 is 165 Å². The van der Waals surface area contributed by atoms with E-state index in [2.05, 4.69) is 0 Å². The minimum Gasteiger partial charge on any atom is -0.462 e. The summed E-state index contributed by atoms with van der Waals surface area (Å²) in [6, 6.07) is -1.19. The fourth-order valence-electron chi connectivity index (χ4n) is 8.58. The predicted molar refractivity (Wildman–Crippen MR) is 268 cm³/mol. The minimum absolute atomic E-state index is 0.131. The topological polar surface area (TPSA) is 344 Å². The van der Waals surface area contributed by atoms with E-state index in [4.69, 9.17) is 38.9 Å². The van der Waals surface area contributed by atoms with E-state index in [0.717, 1.165) is 0 Å². The summed E-state index contributed by atoms with van der Waals surface area (Å²) >= 11 is 0. The number of rotatable bonds is 6. The first kappa shape index (κ1) is 64.1. The molecule has 2 bridgehead atoms. The van der Waals surface area contributed by atoms with Crippen molar-refractivity contribution in [2.45, 2.75) is 210 Å². The second kappa shape index (κ2) is 31.8. The van der Waals surface area contributed by atoms with E-state index in [1.165, 1.54) is 19.9 Å². The average molecular weight is 1050 g/mol. The molecule has 3 rings (SSSR count). The van der Waals surface area contributed by atoms with Gasteiger partial charge < -0.3 is 90.0 Å². The third-order valence-corrected chi connectivity index (χ3v) is 12.9. The van der Waals surface area contributed by atoms with Gasteiger partial charge in [-0.15, -0.1) is 0 Å². The maximum absolute atomic E-state index is 13.9. The molecule has 3 aliphatic rings. The molecule has 21 nitrogen and oxygen atoms in total. The standard InChI is InChI=1S/C53H83NO20/c1-30(2)68-52(66)72-35(7)71-50(65)45-42(60)29-53(67)28-38(57)25-41(59)40(58)23-22-36(55)24-37(56)26-44(61)69-33(5)32(4)47(62)31(3)20-18-16-14-12-10-8-9-11-13-15-17-19-21-39(27-43(45)74-53)73-51-49(64)46(54)48(63)34(6)70-51/h8-21,30-43,45-49,51,55-60,62-64,67H,22-29,54H2,1-7H3/b9-8+,12-10+,13-11+,16-14+,17-15+,20-18+,21-19+/t31?,32?,33?,34?,35?,36-,37-,38+,39+,40-,41-,42?,43+,45-,46?,47-,48?,49?,51?,53-/m1/s1. The summed E-state index contributed by atoms with van der Waals surface area (Å²) in [4.78, 5) is 38.8. The van der Waals surface area contributed by atoms with Crippen molar-refractivity contribution in [2.24, 2.45) is 23.5 Å². The number of esters is 2. The van der Waals surface area contributed by atoms with Crippen molar-refractivity contribution in [3.63, 3.8) is 0 Å². The quantitative estimate of drug-likeness (QED) is 0.103. The molecule has 0 aromatic carbocycles. The molecule has 0 aromatic heterocycles. The predicted octanol–water partition coefficient (Wildman–Crippen LogP) is 2.08. The van der Waals surface area contributed by atoms with Crippen molar-refractivity contribution >= 4 is 18.1 Å². The van der Waals surface area contributed by atoms with E-state index >= 15 is 0 Å². The second-order valence-electron chi connectivity index (χ2n) is 19.8. The first-order valence-corrected chi connectivity index (χ1v) is 25.3. The Labute approximate surface area is 433 Å². The number of fused-ring (bicyclic) bond motifs is 2. The maximum atomic E-state index is 13.9. The number of aliphatic hydroxyl groups is 10. The van der Waals surface area contributed by atoms with Crippen LogP contribution in [0.5, 0.6) is 0 Å². The first-order valence-electron chi connectivity index (χ1n) is 25.3. The van der Waals surface area contributed by atoms with Gasteiger partial charge in [0.25, 0.3) is 0 Å². The lowest BCUT2D eigenvalue weighted by Gasteiger charge is -2.45. The number of carbonyl (C=O) groups excluding carboxylic acids is 3. The molecule has 0 spiro atoms. The molecule has 0 aromatic rings. The third-order valence-electron chi connectivity index (χ3n) is 12.9. The van der Waals surface area contributed by atoms with Gasteiger partial charge in [0, 0.05) is 44.4 Å². The summed E-state index contributed by atoms with van der Waals surface area (Å²) in [6.45, 7) is 11.1. The smallest absolute Gasteiger partial charge is 0.462 e. The number of allylic oxidation sites excluding steroid dienone is 12. The zero-order valence-corrected chi connectivity index (χ0v) is 43.4. The van der Waals surface area contributed by atoms with Crippen molar-refractivity contribution in [3.8, 4) is 0 Å². The van der Waals surface area contributed by atoms with Crippen molar-refractivity contribution in [3.05, 3.63) is 85.1 Å². The van der Waals surface area contributed by atoms with E-state index in [1.807, 2.05) is 13.0 Å². The number of hydrogen-bond donors (Lipinski definition) is 11. The second-order valence-corrected chi connectivity index (χ2v) is 19.8. The van der Waals surface area contributed by atoms with E-state index in [0.29, 0.717) is 0 Å². The molecule has 20 atom stereocenters. The van der Waals surface area contributed by atoms with Crippen LogP contribution < -0.4 is 5.73 Å². The lowest BCUT2D eigenvalue weighted by atomic mass is 9.82. The van der Waals surface area contributed by atoms with Crippen LogP contribution in [-0.2, 0) is 42.7 Å². The summed E-state index contributed by atoms with van der Waals surface area (Å²) < 4.78 is 39.0. The van der Waals surface area contributed by atoms with Crippen LogP contribution in [-0.4, -0.2) is 179 Å². The highest BCUT2D eigenvalue weighted by molar-refractivity contribution is 5.74. The van der Waals surface area contributed by atoms with Gasteiger partial charge in [0.2, 0.25) is 6.29 Å². The van der Waals surface area contributed by atoms with Crippen molar-refractivity contribution in [2.75, 3.05) is 0 Å². The molecule has 3 heterocycles. The van der Waals surface area contributed by atoms with Crippen LogP contribution in [0.3, 0.4) is 0 Å². The van der Waals surface area contributed by atoms with Crippen LogP contribution in [0.1, 0.15) is 99.8 Å². The molecule has 21 heteroatoms. The van der Waals surface area contributed by atoms with Crippen LogP contribution >= 0.6 is 0 Å². The number of nitrogens with two attached hydrogens (primary N) is 1. The highest BCUT2D eigenvalue weighted by Crippen LogP contribution is 2.39. The maximum Gasteiger partial charge on any atom is 0.511 e. The largest absolute Gasteiger partial charge is 0.511 e. The van der Waals surface area contributed by atoms with Crippen molar-refractivity contribution in [1.82, 2.24) is 0 Å². The minimum atomic E-state index is -2.40. The Morgan fingerprint density at radius 2 is 1.23 bits per heavy atom. The Kier molecular flexibility index (Phi) is 27.5. The van der Waals surface area contributed by atoms with Gasteiger partial charge in [-0.25, -0.2) is 4.79 Å². The summed E-state index contributed by atoms with van der Waals surface area (Å²) in [6.07, 6.45) is -0.708. The average Bonchev–Trinajstić information content (AvgIpc) is 3.29. The zero-order chi connectivity index (χ0) is 55.3. The fourth-order valence-corrected chi connectivity index (χ4v) is 8.58. The molecule has 0 saturated carbocycles. The van der Waals surface area contributed by atoms with Gasteiger partial charge >= 0.3 is 18.1 Å². The first-order chi connectivity index (χ1) is 34.8. The van der Waals surface area contributed by atoms with Gasteiger partial charge in [0.15, 0.2) is 12.1 Å². The number of aliphatic hydroxyl groups excluding tert-OH is 9. The number of ether oxygens (including phenoxy) is 7. The SMILES string of the molecule is CC(C)OC(=O)OC(C)OC(=O)[C@@H]1C(O)C[C@@]2(O)C[C@@H](O)C[C@@H](O)[C@H](O)CC[C@@H](O)C[C@@H](O)CC(=O)OC(C)C(C)[C@H](O)C(C)/C=C/C=C/C=C/C=C/C=C/C=C/C=C/[C@H](OC3OC(C)C(O)C(N)C3O)C[C@@H]1O2. The highest BCUT2D eigenvalue weighted by Gasteiger charge is 2.52. The Balaban J connectivity index is 1.97. The normalized spacial score (nSPS) is 41.7. The van der Waals surface area contributed by atoms with Crippen LogP contribution in [0, 0.1) is 17.8 Å². The van der Waals surface area contributed by atoms with Crippen LogP contribution in [0.15, 0.2) is 85.1 Å². The summed E-state index contributed by atoms with van der Waals surface area (Å²) in [5.74, 6) is -6.64. The van der Waals surface area contributed by atoms with Crippen LogP contribution in [0.2, 0.25) is 0 Å². The van der Waals surface area contributed by atoms with Gasteiger partial charge in [-0.05, 0) is 47.0 Å². The zero-order valence-electron chi connectivity index (χ0n) is 43.4. The highest BCUT2D eigenvalue weighted by atomic mass is 16.8. The summed E-state index contributed by atoms with van der Waals surface area (Å²) in [5, 5.41) is 110. The summed E-state index contributed by atoms with van der Waals surface area (Å²) in [7, 11) is 0. The molecule has 0 aliphatic carbocycles. The van der Waals surface area contributed by atoms with Gasteiger partial charge in [0.1, 0.15) is 18.1 Å². The molecule has 2 saturated heterocycles. The molecule has 10 unspecified atom stereocenters. The molecule has 3 aliphatic heterocycles. The molecule has 0 radical (unpaired) electrons. The number of hydrogen-bond acceptors (Lipinski definition) is 21. The lowest BCUT2D eigenvalue weighted by molar-refractivity contribution is -0.310. The number of carbonyl (C=O) groups is 3. The molecule has 0 amide bonds. The Bertz CT molecular complexity index is 1920. The Morgan fingerprint density at radius 3 is 1.82 bits per heavy atom. The van der Waals surface area contributed by atoms with E-state index in [9.17, 15) is 65.4 Å². The lowest BCUT2D eigenvalue weighted by Crippen LogP contribution is -2.61. The molecule has 74 heavy (non-hydrogen) atoms. The molecule has 420 valence electrons. The molecular weight excluding hydrogens is 971 g/mol. The Morgan fingerprint density at radius 1 is 0.649 bits per heavy atom. The third kappa shape index (κ3) is 22.2. The summed E-state index contributed by atoms with van der Waals surface area (Å²) in [5.41, 5.74) is 6.10. The Hall–Kier alpha value is -4.17. The van der Waals surface area contributed by atoms with Gasteiger partial charge in [-0.1, -0.05) is 98.9 Å². The molecule has 12 N–H and O–H groups in total. The molecule has 2 fully saturated rings. The monoisotopic (exact) mass is 1050 g/mol. The van der Waals surface area contributed by atoms with Crippen molar-refractivity contribution in [1.29, 1.82) is 0 Å². The van der Waals surface area contributed by atoms with E-state index in [1.54, 1.807) is 101 Å². The van der Waals surface area contributed by atoms with Crippen molar-refractivity contribution < 1.29 is 98.6 Å². The van der Waals surface area contributed by atoms with Crippen LogP contribution in [0.4, 0.5) is 4.79 Å². The number of cyclic esters (lactones) is 1. The molecular formula is C53H83NO20. The van der Waals surface area contributed by atoms with Crippen LogP contribution in [0.25, 0.3) is 0 Å². The fraction of sp³-hybridized carbons (Fsp3) is 0.679. The van der Waals surface area contributed by atoms with Gasteiger partial charge in [0.05, 0.1) is 85.7 Å². The van der Waals surface area contributed by atoms with Gasteiger partial charge in [-0.3, -0.25) is 9.59 Å². The van der Waals surface area contributed by atoms with E-state index in [-0.39, 0.29) is 31.6 Å². The van der Waals surface area contributed by atoms with Gasteiger partial charge in [-0.2, -0.15) is 0 Å².